The number of benzene rings is 1. The van der Waals surface area contributed by atoms with Crippen molar-refractivity contribution >= 4 is 11.3 Å². The lowest BCUT2D eigenvalue weighted by Gasteiger charge is -2.23. The molecule has 20 heavy (non-hydrogen) atoms. The summed E-state index contributed by atoms with van der Waals surface area (Å²) >= 11 is 1.55. The zero-order valence-corrected chi connectivity index (χ0v) is 13.2. The van der Waals surface area contributed by atoms with Crippen molar-refractivity contribution in [1.29, 1.82) is 0 Å². The van der Waals surface area contributed by atoms with Crippen molar-refractivity contribution < 1.29 is 4.39 Å². The molecule has 1 heterocycles. The van der Waals surface area contributed by atoms with E-state index in [1.807, 2.05) is 18.4 Å². The molecule has 0 bridgehead atoms. The fourth-order valence-electron chi connectivity index (χ4n) is 1.99. The highest BCUT2D eigenvalue weighted by Gasteiger charge is 2.28. The quantitative estimate of drug-likeness (QED) is 0.928. The van der Waals surface area contributed by atoms with E-state index in [1.54, 1.807) is 23.5 Å². The molecule has 0 saturated heterocycles. The van der Waals surface area contributed by atoms with Crippen LogP contribution in [0.25, 0.3) is 0 Å². The van der Waals surface area contributed by atoms with E-state index >= 15 is 0 Å². The van der Waals surface area contributed by atoms with Gasteiger partial charge >= 0.3 is 0 Å². The van der Waals surface area contributed by atoms with Crippen LogP contribution in [0.15, 0.2) is 29.6 Å². The van der Waals surface area contributed by atoms with E-state index in [2.05, 4.69) is 25.8 Å². The molecule has 2 nitrogen and oxygen atoms in total. The maximum atomic E-state index is 13.8. The maximum absolute atomic E-state index is 13.8. The topological polar surface area (TPSA) is 38.9 Å². The number of hydrogen-bond acceptors (Lipinski definition) is 3. The lowest BCUT2D eigenvalue weighted by atomic mass is 9.92. The number of nitrogens with two attached hydrogens (primary N) is 1. The Morgan fingerprint density at radius 2 is 1.85 bits per heavy atom. The van der Waals surface area contributed by atoms with Gasteiger partial charge in [-0.05, 0) is 25.0 Å². The molecule has 4 heteroatoms. The van der Waals surface area contributed by atoms with Crippen LogP contribution in [0.1, 0.15) is 44.0 Å². The fraction of sp³-hybridized carbons (Fsp3) is 0.438. The highest BCUT2D eigenvalue weighted by molar-refractivity contribution is 7.09. The van der Waals surface area contributed by atoms with Crippen molar-refractivity contribution in [1.82, 2.24) is 4.98 Å². The Kier molecular flexibility index (Phi) is 3.98. The fourth-order valence-corrected chi connectivity index (χ4v) is 3.12. The smallest absolute Gasteiger partial charge is 0.126 e. The van der Waals surface area contributed by atoms with Crippen LogP contribution in [0.5, 0.6) is 0 Å². The third-order valence-electron chi connectivity index (χ3n) is 3.28. The number of hydrogen-bond donors (Lipinski definition) is 1. The van der Waals surface area contributed by atoms with Gasteiger partial charge in [0.25, 0.3) is 0 Å². The first-order valence-electron chi connectivity index (χ1n) is 6.69. The summed E-state index contributed by atoms with van der Waals surface area (Å²) in [5, 5.41) is 2.90. The Labute approximate surface area is 123 Å². The molecule has 2 aromatic rings. The summed E-state index contributed by atoms with van der Waals surface area (Å²) < 4.78 is 13.8. The summed E-state index contributed by atoms with van der Waals surface area (Å²) in [6.45, 7) is 8.27. The van der Waals surface area contributed by atoms with Gasteiger partial charge in [-0.25, -0.2) is 9.37 Å². The monoisotopic (exact) mass is 292 g/mol. The van der Waals surface area contributed by atoms with Crippen LogP contribution in [0.2, 0.25) is 0 Å². The zero-order chi connectivity index (χ0) is 15.0. The third-order valence-corrected chi connectivity index (χ3v) is 4.40. The molecule has 0 fully saturated rings. The predicted molar refractivity (Wildman–Crippen MR) is 82.5 cm³/mol. The second-order valence-electron chi connectivity index (χ2n) is 6.47. The third kappa shape index (κ3) is 3.25. The Morgan fingerprint density at radius 1 is 1.20 bits per heavy atom. The Balaban J connectivity index is 2.27. The van der Waals surface area contributed by atoms with Gasteiger partial charge < -0.3 is 5.73 Å². The average molecular weight is 292 g/mol. The first-order valence-corrected chi connectivity index (χ1v) is 7.57. The van der Waals surface area contributed by atoms with Gasteiger partial charge in [-0.3, -0.25) is 0 Å². The highest BCUT2D eigenvalue weighted by Crippen LogP contribution is 2.30. The molecule has 2 rings (SSSR count). The van der Waals surface area contributed by atoms with Gasteiger partial charge in [0.2, 0.25) is 0 Å². The first kappa shape index (κ1) is 15.1. The van der Waals surface area contributed by atoms with E-state index < -0.39 is 5.54 Å². The van der Waals surface area contributed by atoms with Gasteiger partial charge in [-0.2, -0.15) is 0 Å². The summed E-state index contributed by atoms with van der Waals surface area (Å²) in [4.78, 5) is 4.65. The zero-order valence-electron chi connectivity index (χ0n) is 12.4. The van der Waals surface area contributed by atoms with Gasteiger partial charge in [-0.1, -0.05) is 39.0 Å². The van der Waals surface area contributed by atoms with E-state index in [0.717, 1.165) is 10.7 Å². The molecule has 0 saturated carbocycles. The standard InChI is InChI=1S/C16H21FN2S/c1-15(2,3)13-10-20-14(19-13)16(4,18)9-11-7-5-6-8-12(11)17/h5-8,10H,9,18H2,1-4H3. The van der Waals surface area contributed by atoms with Crippen molar-refractivity contribution in [2.24, 2.45) is 5.73 Å². The summed E-state index contributed by atoms with van der Waals surface area (Å²) in [6.07, 6.45) is 0.441. The van der Waals surface area contributed by atoms with Crippen molar-refractivity contribution in [2.45, 2.75) is 45.1 Å². The van der Waals surface area contributed by atoms with Crippen LogP contribution in [0.4, 0.5) is 4.39 Å². The molecule has 1 aromatic carbocycles. The molecule has 1 atom stereocenters. The molecule has 2 N–H and O–H groups in total. The first-order chi connectivity index (χ1) is 9.20. The van der Waals surface area contributed by atoms with Crippen molar-refractivity contribution in [3.8, 4) is 0 Å². The van der Waals surface area contributed by atoms with Crippen LogP contribution in [-0.4, -0.2) is 4.98 Å². The molecule has 1 unspecified atom stereocenters. The summed E-state index contributed by atoms with van der Waals surface area (Å²) in [6, 6.07) is 6.76. The minimum Gasteiger partial charge on any atom is -0.319 e. The Bertz CT molecular complexity index is 597. The minimum absolute atomic E-state index is 0.00280. The van der Waals surface area contributed by atoms with Gasteiger partial charge in [0.15, 0.2) is 0 Å². The number of nitrogens with zero attached hydrogens (tertiary/aromatic N) is 1. The lowest BCUT2D eigenvalue weighted by molar-refractivity contribution is 0.467. The van der Waals surface area contributed by atoms with Gasteiger partial charge in [-0.15, -0.1) is 11.3 Å². The number of thiazole rings is 1. The Hall–Kier alpha value is -1.26. The van der Waals surface area contributed by atoms with Crippen LogP contribution in [-0.2, 0) is 17.4 Å². The van der Waals surface area contributed by atoms with Gasteiger partial charge in [0.1, 0.15) is 10.8 Å². The SMILES string of the molecule is CC(C)(C)c1csc(C(C)(N)Cc2ccccc2F)n1. The van der Waals surface area contributed by atoms with E-state index in [0.29, 0.717) is 12.0 Å². The molecule has 1 aromatic heterocycles. The number of rotatable bonds is 3. The number of aromatic nitrogens is 1. The van der Waals surface area contributed by atoms with Crippen LogP contribution < -0.4 is 5.73 Å². The average Bonchev–Trinajstić information content (AvgIpc) is 2.81. The van der Waals surface area contributed by atoms with E-state index in [1.165, 1.54) is 6.07 Å². The lowest BCUT2D eigenvalue weighted by Crippen LogP contribution is -2.36. The predicted octanol–water partition coefficient (Wildman–Crippen LogP) is 4.00. The Morgan fingerprint density at radius 3 is 2.40 bits per heavy atom. The second kappa shape index (κ2) is 5.26. The van der Waals surface area contributed by atoms with Crippen LogP contribution in [0.3, 0.4) is 0 Å². The van der Waals surface area contributed by atoms with E-state index in [9.17, 15) is 4.39 Å². The molecule has 0 amide bonds. The molecule has 108 valence electrons. The molecule has 0 radical (unpaired) electrons. The maximum Gasteiger partial charge on any atom is 0.126 e. The summed E-state index contributed by atoms with van der Waals surface area (Å²) in [5.74, 6) is -0.211. The van der Waals surface area contributed by atoms with Gasteiger partial charge in [0, 0.05) is 10.8 Å². The van der Waals surface area contributed by atoms with Crippen LogP contribution in [0, 0.1) is 5.82 Å². The second-order valence-corrected chi connectivity index (χ2v) is 7.33. The van der Waals surface area contributed by atoms with Crippen molar-refractivity contribution in [3.05, 3.63) is 51.7 Å². The van der Waals surface area contributed by atoms with E-state index in [-0.39, 0.29) is 11.2 Å². The minimum atomic E-state index is -0.656. The highest BCUT2D eigenvalue weighted by atomic mass is 32.1. The summed E-state index contributed by atoms with van der Waals surface area (Å²) in [5.41, 5.74) is 7.38. The van der Waals surface area contributed by atoms with Crippen molar-refractivity contribution in [2.75, 3.05) is 0 Å². The normalized spacial score (nSPS) is 15.1. The van der Waals surface area contributed by atoms with Crippen molar-refractivity contribution in [3.63, 3.8) is 0 Å². The summed E-state index contributed by atoms with van der Waals surface area (Å²) in [7, 11) is 0. The molecular weight excluding hydrogens is 271 g/mol. The van der Waals surface area contributed by atoms with Crippen LogP contribution >= 0.6 is 11.3 Å². The molecule has 0 spiro atoms. The number of halogens is 1. The molecule has 0 aliphatic carbocycles. The largest absolute Gasteiger partial charge is 0.319 e. The molecular formula is C16H21FN2S. The molecule has 0 aliphatic heterocycles. The van der Waals surface area contributed by atoms with E-state index in [4.69, 9.17) is 5.73 Å². The molecule has 0 aliphatic rings. The van der Waals surface area contributed by atoms with Gasteiger partial charge in [0.05, 0.1) is 11.2 Å².